The SMILES string of the molecule is CC(C)[C@H](NC(=O)[C@@H](Cc1cn(C)c2ccccc12)NC(=O)OC(C)(C)C)C(=O)OC(C)(C)C. The number of aryl methyl sites for hydroxylation is 1. The number of nitrogens with zero attached hydrogens (tertiary/aromatic N) is 1. The van der Waals surface area contributed by atoms with Crippen LogP contribution < -0.4 is 10.6 Å². The Morgan fingerprint density at radius 1 is 0.941 bits per heavy atom. The minimum atomic E-state index is -0.954. The molecule has 0 saturated heterocycles. The third kappa shape index (κ3) is 7.78. The molecule has 1 aromatic carbocycles. The summed E-state index contributed by atoms with van der Waals surface area (Å²) in [6, 6.07) is 6.03. The predicted octanol–water partition coefficient (Wildman–Crippen LogP) is 4.10. The molecule has 2 aromatic rings. The molecule has 2 N–H and O–H groups in total. The zero-order valence-electron chi connectivity index (χ0n) is 21.8. The molecule has 0 unspecified atom stereocenters. The van der Waals surface area contributed by atoms with Crippen molar-refractivity contribution in [2.24, 2.45) is 13.0 Å². The lowest BCUT2D eigenvalue weighted by Gasteiger charge is -2.28. The number of carbonyl (C=O) groups excluding carboxylic acids is 3. The maximum absolute atomic E-state index is 13.4. The highest BCUT2D eigenvalue weighted by Gasteiger charge is 2.33. The van der Waals surface area contributed by atoms with Gasteiger partial charge in [-0.25, -0.2) is 9.59 Å². The zero-order chi connectivity index (χ0) is 25.8. The summed E-state index contributed by atoms with van der Waals surface area (Å²) in [5.74, 6) is -1.21. The third-order valence-corrected chi connectivity index (χ3v) is 5.04. The van der Waals surface area contributed by atoms with Crippen LogP contribution in [0.15, 0.2) is 30.5 Å². The Labute approximate surface area is 202 Å². The van der Waals surface area contributed by atoms with Crippen LogP contribution in [0.2, 0.25) is 0 Å². The van der Waals surface area contributed by atoms with E-state index in [0.29, 0.717) is 0 Å². The van der Waals surface area contributed by atoms with E-state index in [1.807, 2.05) is 55.9 Å². The number of benzene rings is 1. The normalized spacial score (nSPS) is 13.9. The molecular weight excluding hydrogens is 434 g/mol. The molecule has 2 rings (SSSR count). The number of aromatic nitrogens is 1. The van der Waals surface area contributed by atoms with Gasteiger partial charge in [0.1, 0.15) is 23.3 Å². The van der Waals surface area contributed by atoms with Crippen LogP contribution >= 0.6 is 0 Å². The summed E-state index contributed by atoms with van der Waals surface area (Å²) >= 11 is 0. The van der Waals surface area contributed by atoms with Gasteiger partial charge in [0.25, 0.3) is 0 Å². The Morgan fingerprint density at radius 3 is 2.09 bits per heavy atom. The van der Waals surface area contributed by atoms with E-state index in [1.165, 1.54) is 0 Å². The molecule has 1 heterocycles. The van der Waals surface area contributed by atoms with Crippen molar-refractivity contribution in [1.82, 2.24) is 15.2 Å². The van der Waals surface area contributed by atoms with Gasteiger partial charge >= 0.3 is 12.1 Å². The highest BCUT2D eigenvalue weighted by molar-refractivity contribution is 5.91. The molecule has 0 saturated carbocycles. The molecule has 0 radical (unpaired) electrons. The van der Waals surface area contributed by atoms with E-state index in [9.17, 15) is 14.4 Å². The van der Waals surface area contributed by atoms with Crippen molar-refractivity contribution in [3.05, 3.63) is 36.0 Å². The smallest absolute Gasteiger partial charge is 0.408 e. The quantitative estimate of drug-likeness (QED) is 0.590. The molecule has 0 aliphatic heterocycles. The summed E-state index contributed by atoms with van der Waals surface area (Å²) in [7, 11) is 1.93. The van der Waals surface area contributed by atoms with Crippen molar-refractivity contribution in [2.45, 2.75) is 85.1 Å². The first-order valence-corrected chi connectivity index (χ1v) is 11.6. The summed E-state index contributed by atoms with van der Waals surface area (Å²) in [5, 5.41) is 6.47. The number of para-hydroxylation sites is 1. The summed E-state index contributed by atoms with van der Waals surface area (Å²) in [4.78, 5) is 38.7. The minimum absolute atomic E-state index is 0.210. The molecule has 34 heavy (non-hydrogen) atoms. The highest BCUT2D eigenvalue weighted by Crippen LogP contribution is 2.22. The molecule has 0 fully saturated rings. The number of alkyl carbamates (subject to hydrolysis) is 1. The Balaban J connectivity index is 2.32. The van der Waals surface area contributed by atoms with E-state index in [1.54, 1.807) is 41.5 Å². The zero-order valence-corrected chi connectivity index (χ0v) is 21.8. The summed E-state index contributed by atoms with van der Waals surface area (Å²) in [5.41, 5.74) is 0.503. The predicted molar refractivity (Wildman–Crippen MR) is 132 cm³/mol. The van der Waals surface area contributed by atoms with E-state index < -0.39 is 41.3 Å². The molecule has 0 aliphatic carbocycles. The number of carbonyl (C=O) groups is 3. The van der Waals surface area contributed by atoms with Gasteiger partial charge in [0, 0.05) is 30.6 Å². The van der Waals surface area contributed by atoms with E-state index in [-0.39, 0.29) is 12.3 Å². The van der Waals surface area contributed by atoms with Crippen LogP contribution in [0.1, 0.15) is 61.0 Å². The lowest BCUT2D eigenvalue weighted by Crippen LogP contribution is -2.55. The average Bonchev–Trinajstić information content (AvgIpc) is 2.98. The van der Waals surface area contributed by atoms with Crippen LogP contribution in [-0.2, 0) is 32.5 Å². The van der Waals surface area contributed by atoms with E-state index in [0.717, 1.165) is 16.5 Å². The Kier molecular flexibility index (Phi) is 8.40. The van der Waals surface area contributed by atoms with Crippen molar-refractivity contribution < 1.29 is 23.9 Å². The number of hydrogen-bond donors (Lipinski definition) is 2. The number of nitrogens with one attached hydrogen (secondary N) is 2. The standard InChI is InChI=1S/C26H39N3O5/c1-16(2)21(23(31)33-25(3,4)5)28-22(30)19(27-24(32)34-26(6,7)8)14-17-15-29(9)20-13-11-10-12-18(17)20/h10-13,15-16,19,21H,14H2,1-9H3,(H,27,32)(H,28,30)/t19-,21+/m1/s1. The number of rotatable bonds is 7. The van der Waals surface area contributed by atoms with Gasteiger partial charge in [0.15, 0.2) is 0 Å². The average molecular weight is 474 g/mol. The first-order valence-electron chi connectivity index (χ1n) is 11.6. The molecular formula is C26H39N3O5. The molecule has 1 aromatic heterocycles. The molecule has 0 bridgehead atoms. The fourth-order valence-electron chi connectivity index (χ4n) is 3.58. The van der Waals surface area contributed by atoms with Gasteiger partial charge in [0.2, 0.25) is 5.91 Å². The van der Waals surface area contributed by atoms with Gasteiger partial charge in [-0.3, -0.25) is 4.79 Å². The van der Waals surface area contributed by atoms with E-state index >= 15 is 0 Å². The van der Waals surface area contributed by atoms with E-state index in [4.69, 9.17) is 9.47 Å². The molecule has 2 atom stereocenters. The summed E-state index contributed by atoms with van der Waals surface area (Å²) in [6.07, 6.45) is 1.47. The topological polar surface area (TPSA) is 98.7 Å². The van der Waals surface area contributed by atoms with Gasteiger partial charge in [-0.1, -0.05) is 32.0 Å². The van der Waals surface area contributed by atoms with Gasteiger partial charge in [0.05, 0.1) is 0 Å². The first-order chi connectivity index (χ1) is 15.6. The number of esters is 1. The molecule has 0 aliphatic rings. The lowest BCUT2D eigenvalue weighted by atomic mass is 10.0. The van der Waals surface area contributed by atoms with Gasteiger partial charge in [-0.15, -0.1) is 0 Å². The second-order valence-corrected chi connectivity index (χ2v) is 10.9. The van der Waals surface area contributed by atoms with Crippen molar-refractivity contribution in [2.75, 3.05) is 0 Å². The molecule has 188 valence electrons. The fraction of sp³-hybridized carbons (Fsp3) is 0.577. The Bertz CT molecular complexity index is 1030. The van der Waals surface area contributed by atoms with Crippen LogP contribution in [0.5, 0.6) is 0 Å². The van der Waals surface area contributed by atoms with Crippen LogP contribution in [0, 0.1) is 5.92 Å². The molecule has 8 heteroatoms. The van der Waals surface area contributed by atoms with Crippen LogP contribution in [0.25, 0.3) is 10.9 Å². The number of ether oxygens (including phenoxy) is 2. The third-order valence-electron chi connectivity index (χ3n) is 5.04. The Morgan fingerprint density at radius 2 is 1.53 bits per heavy atom. The number of amides is 2. The highest BCUT2D eigenvalue weighted by atomic mass is 16.6. The largest absolute Gasteiger partial charge is 0.458 e. The first kappa shape index (κ1) is 27.2. The maximum Gasteiger partial charge on any atom is 0.408 e. The lowest BCUT2D eigenvalue weighted by molar-refractivity contribution is -0.160. The van der Waals surface area contributed by atoms with Crippen LogP contribution in [0.4, 0.5) is 4.79 Å². The summed E-state index contributed by atoms with van der Waals surface area (Å²) in [6.45, 7) is 14.2. The van der Waals surface area contributed by atoms with Crippen molar-refractivity contribution >= 4 is 28.9 Å². The Hall–Kier alpha value is -3.03. The van der Waals surface area contributed by atoms with Gasteiger partial charge in [-0.2, -0.15) is 0 Å². The summed E-state index contributed by atoms with van der Waals surface area (Å²) < 4.78 is 12.9. The van der Waals surface area contributed by atoms with E-state index in [2.05, 4.69) is 10.6 Å². The fourth-order valence-corrected chi connectivity index (χ4v) is 3.58. The minimum Gasteiger partial charge on any atom is -0.458 e. The number of hydrogen-bond acceptors (Lipinski definition) is 5. The maximum atomic E-state index is 13.4. The van der Waals surface area contributed by atoms with Gasteiger partial charge < -0.3 is 24.7 Å². The second-order valence-electron chi connectivity index (χ2n) is 10.9. The van der Waals surface area contributed by atoms with Crippen molar-refractivity contribution in [3.63, 3.8) is 0 Å². The van der Waals surface area contributed by atoms with Crippen LogP contribution in [-0.4, -0.2) is 45.8 Å². The molecule has 2 amide bonds. The van der Waals surface area contributed by atoms with Crippen molar-refractivity contribution in [1.29, 1.82) is 0 Å². The second kappa shape index (κ2) is 10.5. The molecule has 0 spiro atoms. The van der Waals surface area contributed by atoms with Crippen LogP contribution in [0.3, 0.4) is 0 Å². The van der Waals surface area contributed by atoms with Crippen molar-refractivity contribution in [3.8, 4) is 0 Å². The molecule has 8 nitrogen and oxygen atoms in total. The van der Waals surface area contributed by atoms with Gasteiger partial charge in [-0.05, 0) is 59.1 Å². The monoisotopic (exact) mass is 473 g/mol. The number of fused-ring (bicyclic) bond motifs is 1.